The Morgan fingerprint density at radius 2 is 1.97 bits per heavy atom. The molecule has 1 aromatic carbocycles. The number of aryl methyl sites for hydroxylation is 1. The number of rotatable bonds is 10. The second-order valence-corrected chi connectivity index (χ2v) is 6.58. The molecule has 0 amide bonds. The van der Waals surface area contributed by atoms with Crippen LogP contribution in [0.3, 0.4) is 0 Å². The first-order chi connectivity index (χ1) is 14.3. The number of nitrogens with one attached hydrogen (secondary N) is 2. The summed E-state index contributed by atoms with van der Waals surface area (Å²) in [4.78, 5) is 8.60. The molecule has 0 spiro atoms. The van der Waals surface area contributed by atoms with Crippen molar-refractivity contribution in [2.24, 2.45) is 4.99 Å². The molecule has 0 saturated heterocycles. The van der Waals surface area contributed by atoms with Gasteiger partial charge in [-0.05, 0) is 30.0 Å². The van der Waals surface area contributed by atoms with Gasteiger partial charge in [0.15, 0.2) is 5.96 Å². The van der Waals surface area contributed by atoms with E-state index in [0.29, 0.717) is 25.6 Å². The minimum absolute atomic E-state index is 0. The highest BCUT2D eigenvalue weighted by Crippen LogP contribution is 2.15. The number of hydrogen-bond acceptors (Lipinski definition) is 4. The Balaban J connectivity index is 0.00000320. The van der Waals surface area contributed by atoms with Gasteiger partial charge >= 0.3 is 0 Å². The van der Waals surface area contributed by atoms with Gasteiger partial charge in [-0.2, -0.15) is 0 Å². The number of hydrogen-bond donors (Lipinski definition) is 2. The van der Waals surface area contributed by atoms with Crippen molar-refractivity contribution in [2.45, 2.75) is 19.5 Å². The molecule has 3 aromatic rings. The van der Waals surface area contributed by atoms with E-state index in [-0.39, 0.29) is 24.0 Å². The van der Waals surface area contributed by atoms with Gasteiger partial charge in [0.05, 0.1) is 6.61 Å². The van der Waals surface area contributed by atoms with Crippen molar-refractivity contribution in [3.05, 3.63) is 60.4 Å². The van der Waals surface area contributed by atoms with E-state index >= 15 is 0 Å². The van der Waals surface area contributed by atoms with Crippen LogP contribution in [-0.4, -0.2) is 49.4 Å². The molecule has 0 fully saturated rings. The van der Waals surface area contributed by atoms with Crippen molar-refractivity contribution in [1.29, 1.82) is 0 Å². The van der Waals surface area contributed by atoms with E-state index in [9.17, 15) is 0 Å². The van der Waals surface area contributed by atoms with E-state index < -0.39 is 0 Å². The number of methoxy groups -OCH3 is 1. The van der Waals surface area contributed by atoms with Gasteiger partial charge in [-0.3, -0.25) is 4.99 Å². The summed E-state index contributed by atoms with van der Waals surface area (Å²) in [5, 5.41) is 7.96. The maximum Gasteiger partial charge on any atom is 0.218 e. The summed E-state index contributed by atoms with van der Waals surface area (Å²) < 4.78 is 13.0. The van der Waals surface area contributed by atoms with Crippen LogP contribution in [0, 0.1) is 0 Å². The van der Waals surface area contributed by atoms with E-state index in [1.54, 1.807) is 20.4 Å². The van der Waals surface area contributed by atoms with Crippen LogP contribution in [0.15, 0.2) is 59.9 Å². The van der Waals surface area contributed by atoms with Crippen LogP contribution in [0.2, 0.25) is 0 Å². The van der Waals surface area contributed by atoms with E-state index in [0.717, 1.165) is 31.0 Å². The van der Waals surface area contributed by atoms with Crippen molar-refractivity contribution in [3.63, 3.8) is 0 Å². The zero-order valence-electron chi connectivity index (χ0n) is 17.5. The third-order valence-electron chi connectivity index (χ3n) is 4.59. The molecule has 2 aromatic heterocycles. The lowest BCUT2D eigenvalue weighted by molar-refractivity contribution is 0.143. The van der Waals surface area contributed by atoms with Gasteiger partial charge in [0.25, 0.3) is 0 Å². The molecule has 0 aliphatic heterocycles. The zero-order valence-corrected chi connectivity index (χ0v) is 19.8. The first kappa shape index (κ1) is 23.9. The molecule has 0 saturated carbocycles. The standard InChI is InChI=1S/C22H29N5O2.HI/c1-23-22(26-17-19-8-5-11-24-21(19)29-16-15-28-2)25-12-6-13-27-14-10-18-7-3-4-9-20(18)27;/h3-5,7-11,14H,6,12-13,15-17H2,1-2H3,(H2,23,25,26);1H. The molecule has 0 bridgehead atoms. The van der Waals surface area contributed by atoms with Crippen LogP contribution in [0.4, 0.5) is 0 Å². The molecule has 3 rings (SSSR count). The minimum Gasteiger partial charge on any atom is -0.475 e. The molecule has 2 N–H and O–H groups in total. The number of benzene rings is 1. The lowest BCUT2D eigenvalue weighted by Crippen LogP contribution is -2.37. The largest absolute Gasteiger partial charge is 0.475 e. The molecule has 0 unspecified atom stereocenters. The number of para-hydroxylation sites is 1. The van der Waals surface area contributed by atoms with Crippen LogP contribution in [0.25, 0.3) is 10.9 Å². The second kappa shape index (κ2) is 13.1. The Labute approximate surface area is 194 Å². The Bertz CT molecular complexity index is 929. The number of ether oxygens (including phenoxy) is 2. The number of pyridine rings is 1. The topological polar surface area (TPSA) is 72.7 Å². The number of halogens is 1. The molecule has 2 heterocycles. The molecular weight excluding hydrogens is 493 g/mol. The second-order valence-electron chi connectivity index (χ2n) is 6.58. The predicted octanol–water partition coefficient (Wildman–Crippen LogP) is 3.43. The highest BCUT2D eigenvalue weighted by Gasteiger charge is 2.06. The maximum absolute atomic E-state index is 5.68. The number of aliphatic imine (C=N–C) groups is 1. The van der Waals surface area contributed by atoms with Crippen molar-refractivity contribution >= 4 is 40.8 Å². The first-order valence-electron chi connectivity index (χ1n) is 9.86. The van der Waals surface area contributed by atoms with Gasteiger partial charge in [-0.25, -0.2) is 4.98 Å². The fourth-order valence-corrected chi connectivity index (χ4v) is 3.10. The van der Waals surface area contributed by atoms with E-state index in [1.165, 1.54) is 10.9 Å². The van der Waals surface area contributed by atoms with Crippen LogP contribution < -0.4 is 15.4 Å². The molecular formula is C22H30IN5O2. The van der Waals surface area contributed by atoms with Gasteiger partial charge < -0.3 is 24.7 Å². The summed E-state index contributed by atoms with van der Waals surface area (Å²) in [6.45, 7) is 3.37. The number of nitrogens with zero attached hydrogens (tertiary/aromatic N) is 3. The Morgan fingerprint density at radius 3 is 2.80 bits per heavy atom. The average molecular weight is 523 g/mol. The summed E-state index contributed by atoms with van der Waals surface area (Å²) in [5.74, 6) is 1.38. The third kappa shape index (κ3) is 6.88. The number of guanidine groups is 1. The fraction of sp³-hybridized carbons (Fsp3) is 0.364. The average Bonchev–Trinajstić information content (AvgIpc) is 3.17. The van der Waals surface area contributed by atoms with Gasteiger partial charge in [0.1, 0.15) is 6.61 Å². The summed E-state index contributed by atoms with van der Waals surface area (Å²) in [6, 6.07) is 14.5. The molecule has 162 valence electrons. The smallest absolute Gasteiger partial charge is 0.218 e. The molecule has 0 aliphatic carbocycles. The van der Waals surface area contributed by atoms with E-state index in [1.807, 2.05) is 12.1 Å². The maximum atomic E-state index is 5.68. The Hall–Kier alpha value is -2.33. The summed E-state index contributed by atoms with van der Waals surface area (Å²) >= 11 is 0. The number of fused-ring (bicyclic) bond motifs is 1. The van der Waals surface area contributed by atoms with Crippen molar-refractivity contribution in [3.8, 4) is 5.88 Å². The summed E-state index contributed by atoms with van der Waals surface area (Å²) in [6.07, 6.45) is 4.87. The molecule has 30 heavy (non-hydrogen) atoms. The monoisotopic (exact) mass is 523 g/mol. The molecule has 0 aliphatic rings. The van der Waals surface area contributed by atoms with Gasteiger partial charge in [-0.1, -0.05) is 24.3 Å². The van der Waals surface area contributed by atoms with Crippen LogP contribution in [0.1, 0.15) is 12.0 Å². The highest BCUT2D eigenvalue weighted by molar-refractivity contribution is 14.0. The SMILES string of the molecule is CN=C(NCCCn1ccc2ccccc21)NCc1cccnc1OCCOC.I. The molecule has 0 radical (unpaired) electrons. The summed E-state index contributed by atoms with van der Waals surface area (Å²) in [7, 11) is 3.42. The lowest BCUT2D eigenvalue weighted by Gasteiger charge is -2.14. The predicted molar refractivity (Wildman–Crippen MR) is 132 cm³/mol. The molecule has 8 heteroatoms. The minimum atomic E-state index is 0. The van der Waals surface area contributed by atoms with Gasteiger partial charge in [0, 0.05) is 57.3 Å². The van der Waals surface area contributed by atoms with Crippen molar-refractivity contribution in [1.82, 2.24) is 20.2 Å². The van der Waals surface area contributed by atoms with Gasteiger partial charge in [0.2, 0.25) is 5.88 Å². The van der Waals surface area contributed by atoms with Crippen LogP contribution in [0.5, 0.6) is 5.88 Å². The highest BCUT2D eigenvalue weighted by atomic mass is 127. The van der Waals surface area contributed by atoms with Gasteiger partial charge in [-0.15, -0.1) is 24.0 Å². The molecule has 7 nitrogen and oxygen atoms in total. The fourth-order valence-electron chi connectivity index (χ4n) is 3.10. The van der Waals surface area contributed by atoms with Crippen LogP contribution >= 0.6 is 24.0 Å². The normalized spacial score (nSPS) is 11.2. The zero-order chi connectivity index (χ0) is 20.3. The van der Waals surface area contributed by atoms with E-state index in [2.05, 4.69) is 61.7 Å². The molecule has 0 atom stereocenters. The van der Waals surface area contributed by atoms with Crippen LogP contribution in [-0.2, 0) is 17.8 Å². The first-order valence-corrected chi connectivity index (χ1v) is 9.86. The Morgan fingerprint density at radius 1 is 1.10 bits per heavy atom. The van der Waals surface area contributed by atoms with Crippen molar-refractivity contribution in [2.75, 3.05) is 33.9 Å². The lowest BCUT2D eigenvalue weighted by atomic mass is 10.2. The third-order valence-corrected chi connectivity index (χ3v) is 4.59. The Kier molecular flexibility index (Phi) is 10.4. The van der Waals surface area contributed by atoms with Crippen molar-refractivity contribution < 1.29 is 9.47 Å². The number of aromatic nitrogens is 2. The van der Waals surface area contributed by atoms with E-state index in [4.69, 9.17) is 9.47 Å². The quantitative estimate of drug-likeness (QED) is 0.185. The summed E-state index contributed by atoms with van der Waals surface area (Å²) in [5.41, 5.74) is 2.25.